The standard InChI is InChI=1S/C11H11ClN2O4/c12-4-3-10(15)11(16)8-2-1-7(6-13)5-9(8)14(17)18/h1-2,5,10-11,15-16H,3-4H2. The fraction of sp³-hybridized carbons (Fsp3) is 0.364. The van der Waals surface area contributed by atoms with Gasteiger partial charge in [0, 0.05) is 11.9 Å². The van der Waals surface area contributed by atoms with Crippen molar-refractivity contribution in [1.82, 2.24) is 0 Å². The fourth-order valence-corrected chi connectivity index (χ4v) is 1.72. The van der Waals surface area contributed by atoms with E-state index in [2.05, 4.69) is 0 Å². The molecule has 0 saturated carbocycles. The van der Waals surface area contributed by atoms with E-state index in [9.17, 15) is 20.3 Å². The molecule has 0 radical (unpaired) electrons. The van der Waals surface area contributed by atoms with E-state index in [1.54, 1.807) is 6.07 Å². The summed E-state index contributed by atoms with van der Waals surface area (Å²) in [6.07, 6.45) is -2.48. The molecule has 0 aromatic heterocycles. The van der Waals surface area contributed by atoms with Crippen molar-refractivity contribution in [3.05, 3.63) is 39.4 Å². The average Bonchev–Trinajstić information content (AvgIpc) is 2.37. The Labute approximate surface area is 108 Å². The molecule has 0 fully saturated rings. The van der Waals surface area contributed by atoms with Gasteiger partial charge in [-0.2, -0.15) is 5.26 Å². The third-order valence-electron chi connectivity index (χ3n) is 2.44. The highest BCUT2D eigenvalue weighted by molar-refractivity contribution is 6.17. The van der Waals surface area contributed by atoms with Gasteiger partial charge in [-0.15, -0.1) is 11.6 Å². The maximum absolute atomic E-state index is 10.9. The highest BCUT2D eigenvalue weighted by atomic mass is 35.5. The van der Waals surface area contributed by atoms with E-state index in [1.807, 2.05) is 0 Å². The molecule has 1 aromatic rings. The molecule has 2 atom stereocenters. The van der Waals surface area contributed by atoms with Crippen LogP contribution in [-0.4, -0.2) is 27.1 Å². The maximum Gasteiger partial charge on any atom is 0.276 e. The topological polar surface area (TPSA) is 107 Å². The molecule has 0 aliphatic heterocycles. The number of hydrogen-bond donors (Lipinski definition) is 2. The molecule has 0 aliphatic rings. The molecule has 1 rings (SSSR count). The average molecular weight is 271 g/mol. The van der Waals surface area contributed by atoms with Crippen LogP contribution >= 0.6 is 11.6 Å². The van der Waals surface area contributed by atoms with Gasteiger partial charge in [-0.1, -0.05) is 0 Å². The fourth-order valence-electron chi connectivity index (χ4n) is 1.50. The molecule has 2 N–H and O–H groups in total. The third-order valence-corrected chi connectivity index (χ3v) is 2.66. The van der Waals surface area contributed by atoms with E-state index in [0.717, 1.165) is 6.07 Å². The van der Waals surface area contributed by atoms with Gasteiger partial charge in [0.2, 0.25) is 0 Å². The van der Waals surface area contributed by atoms with Crippen molar-refractivity contribution >= 4 is 17.3 Å². The molecule has 18 heavy (non-hydrogen) atoms. The van der Waals surface area contributed by atoms with Gasteiger partial charge < -0.3 is 10.2 Å². The second kappa shape index (κ2) is 6.31. The molecule has 2 unspecified atom stereocenters. The Morgan fingerprint density at radius 2 is 2.17 bits per heavy atom. The molecular formula is C11H11ClN2O4. The minimum Gasteiger partial charge on any atom is -0.390 e. The summed E-state index contributed by atoms with van der Waals surface area (Å²) in [6.45, 7) is 0. The maximum atomic E-state index is 10.9. The van der Waals surface area contributed by atoms with Crippen molar-refractivity contribution in [3.63, 3.8) is 0 Å². The normalized spacial score (nSPS) is 13.7. The molecule has 0 aliphatic carbocycles. The van der Waals surface area contributed by atoms with Crippen LogP contribution in [0.5, 0.6) is 0 Å². The summed E-state index contributed by atoms with van der Waals surface area (Å²) in [5, 5.41) is 38.9. The predicted octanol–water partition coefficient (Wildman–Crippen LogP) is 1.49. The SMILES string of the molecule is N#Cc1ccc(C(O)C(O)CCCl)c([N+](=O)[O-])c1. The first-order chi connectivity index (χ1) is 8.51. The Hall–Kier alpha value is -1.68. The van der Waals surface area contributed by atoms with Gasteiger partial charge in [-0.25, -0.2) is 0 Å². The van der Waals surface area contributed by atoms with Crippen molar-refractivity contribution in [1.29, 1.82) is 5.26 Å². The smallest absolute Gasteiger partial charge is 0.276 e. The zero-order chi connectivity index (χ0) is 13.7. The first kappa shape index (κ1) is 14.4. The number of nitriles is 1. The van der Waals surface area contributed by atoms with Crippen molar-refractivity contribution < 1.29 is 15.1 Å². The zero-order valence-electron chi connectivity index (χ0n) is 9.28. The van der Waals surface area contributed by atoms with E-state index in [0.29, 0.717) is 0 Å². The molecule has 0 spiro atoms. The summed E-state index contributed by atoms with van der Waals surface area (Å²) in [7, 11) is 0. The molecule has 0 heterocycles. The Kier molecular flexibility index (Phi) is 5.04. The lowest BCUT2D eigenvalue weighted by Gasteiger charge is -2.17. The first-order valence-corrected chi connectivity index (χ1v) is 5.65. The van der Waals surface area contributed by atoms with Gasteiger partial charge in [-0.3, -0.25) is 10.1 Å². The Bertz CT molecular complexity index is 486. The summed E-state index contributed by atoms with van der Waals surface area (Å²) in [4.78, 5) is 10.2. The number of alkyl halides is 1. The number of halogens is 1. The minimum atomic E-state index is -1.41. The number of rotatable bonds is 5. The molecule has 0 bridgehead atoms. The van der Waals surface area contributed by atoms with Crippen LogP contribution in [0.4, 0.5) is 5.69 Å². The zero-order valence-corrected chi connectivity index (χ0v) is 10.0. The lowest BCUT2D eigenvalue weighted by molar-refractivity contribution is -0.386. The Morgan fingerprint density at radius 3 is 2.67 bits per heavy atom. The summed E-state index contributed by atoms with van der Waals surface area (Å²) in [6, 6.07) is 5.44. The van der Waals surface area contributed by atoms with Crippen LogP contribution in [0.2, 0.25) is 0 Å². The van der Waals surface area contributed by atoms with Crippen LogP contribution in [0.3, 0.4) is 0 Å². The minimum absolute atomic E-state index is 0.0309. The highest BCUT2D eigenvalue weighted by Gasteiger charge is 2.26. The van der Waals surface area contributed by atoms with Gasteiger partial charge >= 0.3 is 0 Å². The number of aliphatic hydroxyl groups is 2. The highest BCUT2D eigenvalue weighted by Crippen LogP contribution is 2.29. The number of benzene rings is 1. The quantitative estimate of drug-likeness (QED) is 0.479. The Morgan fingerprint density at radius 1 is 1.50 bits per heavy atom. The van der Waals surface area contributed by atoms with Crippen molar-refractivity contribution in [2.24, 2.45) is 0 Å². The molecule has 6 nitrogen and oxygen atoms in total. The summed E-state index contributed by atoms with van der Waals surface area (Å²) < 4.78 is 0. The van der Waals surface area contributed by atoms with Crippen LogP contribution in [0.1, 0.15) is 23.7 Å². The Balaban J connectivity index is 3.16. The summed E-state index contributed by atoms with van der Waals surface area (Å²) in [5.41, 5.74) is -0.309. The van der Waals surface area contributed by atoms with Crippen LogP contribution in [0, 0.1) is 21.4 Å². The lowest BCUT2D eigenvalue weighted by Crippen LogP contribution is -2.19. The van der Waals surface area contributed by atoms with Crippen molar-refractivity contribution in [2.75, 3.05) is 5.88 Å². The summed E-state index contributed by atoms with van der Waals surface area (Å²) in [5.74, 6) is 0.127. The van der Waals surface area contributed by atoms with Crippen LogP contribution in [0.25, 0.3) is 0 Å². The molecule has 0 amide bonds. The van der Waals surface area contributed by atoms with Crippen LogP contribution in [0.15, 0.2) is 18.2 Å². The predicted molar refractivity (Wildman–Crippen MR) is 64.1 cm³/mol. The molecule has 1 aromatic carbocycles. The van der Waals surface area contributed by atoms with Gasteiger partial charge in [0.05, 0.1) is 28.2 Å². The second-order valence-corrected chi connectivity index (χ2v) is 4.01. The van der Waals surface area contributed by atoms with Crippen LogP contribution < -0.4 is 0 Å². The third kappa shape index (κ3) is 3.17. The van der Waals surface area contributed by atoms with E-state index in [-0.39, 0.29) is 23.4 Å². The lowest BCUT2D eigenvalue weighted by atomic mass is 9.99. The first-order valence-electron chi connectivity index (χ1n) is 5.11. The van der Waals surface area contributed by atoms with E-state index >= 15 is 0 Å². The number of aliphatic hydroxyl groups excluding tert-OH is 2. The van der Waals surface area contributed by atoms with Crippen molar-refractivity contribution in [3.8, 4) is 6.07 Å². The number of nitrogens with zero attached hydrogens (tertiary/aromatic N) is 2. The number of nitro benzene ring substituents is 1. The molecule has 7 heteroatoms. The van der Waals surface area contributed by atoms with Crippen molar-refractivity contribution in [2.45, 2.75) is 18.6 Å². The van der Waals surface area contributed by atoms with E-state index in [4.69, 9.17) is 16.9 Å². The van der Waals surface area contributed by atoms with E-state index in [1.165, 1.54) is 12.1 Å². The van der Waals surface area contributed by atoms with Gasteiger partial charge in [0.15, 0.2) is 0 Å². The molecular weight excluding hydrogens is 260 g/mol. The molecule has 0 saturated heterocycles. The second-order valence-electron chi connectivity index (χ2n) is 3.63. The van der Waals surface area contributed by atoms with Gasteiger partial charge in [0.25, 0.3) is 5.69 Å². The largest absolute Gasteiger partial charge is 0.390 e. The van der Waals surface area contributed by atoms with Gasteiger partial charge in [0.1, 0.15) is 6.10 Å². The monoisotopic (exact) mass is 270 g/mol. The number of nitro groups is 1. The number of hydrogen-bond acceptors (Lipinski definition) is 5. The summed E-state index contributed by atoms with van der Waals surface area (Å²) >= 11 is 5.43. The van der Waals surface area contributed by atoms with Gasteiger partial charge in [-0.05, 0) is 18.6 Å². The molecule has 96 valence electrons. The van der Waals surface area contributed by atoms with E-state index < -0.39 is 22.8 Å². The van der Waals surface area contributed by atoms with Crippen LogP contribution in [-0.2, 0) is 0 Å².